The highest BCUT2D eigenvalue weighted by atomic mass is 35.5. The number of benzene rings is 2. The molecule has 0 unspecified atom stereocenters. The Morgan fingerprint density at radius 1 is 1.15 bits per heavy atom. The van der Waals surface area contributed by atoms with Gasteiger partial charge in [-0.15, -0.1) is 0 Å². The van der Waals surface area contributed by atoms with Gasteiger partial charge in [0.1, 0.15) is 0 Å². The van der Waals surface area contributed by atoms with Gasteiger partial charge in [0.2, 0.25) is 11.8 Å². The van der Waals surface area contributed by atoms with Gasteiger partial charge in [0.25, 0.3) is 0 Å². The van der Waals surface area contributed by atoms with Crippen LogP contribution in [-0.2, 0) is 16.0 Å². The number of nitrogens with one attached hydrogen (secondary N) is 2. The number of rotatable bonds is 6. The molecule has 6 heteroatoms. The smallest absolute Gasteiger partial charge is 0.243 e. The zero-order chi connectivity index (χ0) is 18.5. The molecule has 26 heavy (non-hydrogen) atoms. The van der Waals surface area contributed by atoms with E-state index in [1.54, 1.807) is 31.3 Å². The highest BCUT2D eigenvalue weighted by molar-refractivity contribution is 6.30. The van der Waals surface area contributed by atoms with Crippen molar-refractivity contribution in [3.63, 3.8) is 0 Å². The highest BCUT2D eigenvalue weighted by Crippen LogP contribution is 2.19. The van der Waals surface area contributed by atoms with Gasteiger partial charge in [0.15, 0.2) is 0 Å². The van der Waals surface area contributed by atoms with Crippen LogP contribution in [0.1, 0.15) is 12.0 Å². The van der Waals surface area contributed by atoms with Crippen LogP contribution in [0, 0.1) is 0 Å². The van der Waals surface area contributed by atoms with Crippen LogP contribution in [0.2, 0.25) is 5.02 Å². The van der Waals surface area contributed by atoms with Crippen LogP contribution in [0.3, 0.4) is 0 Å². The number of carbonyl (C=O) groups excluding carboxylic acids is 2. The van der Waals surface area contributed by atoms with Gasteiger partial charge in [-0.3, -0.25) is 9.59 Å². The molecule has 3 rings (SSSR count). The number of aromatic nitrogens is 1. The monoisotopic (exact) mass is 369 g/mol. The summed E-state index contributed by atoms with van der Waals surface area (Å²) in [5, 5.41) is 4.41. The summed E-state index contributed by atoms with van der Waals surface area (Å²) in [6.07, 6.45) is 2.91. The molecule has 0 radical (unpaired) electrons. The lowest BCUT2D eigenvalue weighted by atomic mass is 10.1. The third kappa shape index (κ3) is 4.43. The number of H-pyrrole nitrogens is 1. The summed E-state index contributed by atoms with van der Waals surface area (Å²) >= 11 is 5.90. The van der Waals surface area contributed by atoms with Gasteiger partial charge in [-0.05, 0) is 36.2 Å². The zero-order valence-corrected chi connectivity index (χ0v) is 15.2. The number of carbonyl (C=O) groups is 2. The van der Waals surface area contributed by atoms with Crippen LogP contribution >= 0.6 is 11.6 Å². The second-order valence-corrected chi connectivity index (χ2v) is 6.60. The van der Waals surface area contributed by atoms with Crippen LogP contribution in [0.5, 0.6) is 0 Å². The number of halogens is 1. The Hall–Kier alpha value is -2.79. The molecule has 5 nitrogen and oxygen atoms in total. The van der Waals surface area contributed by atoms with Crippen LogP contribution < -0.4 is 5.32 Å². The van der Waals surface area contributed by atoms with E-state index < -0.39 is 0 Å². The lowest BCUT2D eigenvalue weighted by molar-refractivity contribution is -0.133. The molecular weight excluding hydrogens is 350 g/mol. The summed E-state index contributed by atoms with van der Waals surface area (Å²) in [7, 11) is 1.63. The molecule has 2 aromatic carbocycles. The second kappa shape index (κ2) is 8.06. The Labute approximate surface area is 157 Å². The number of aryl methyl sites for hydroxylation is 1. The van der Waals surface area contributed by atoms with Gasteiger partial charge in [0.05, 0.1) is 6.54 Å². The van der Waals surface area contributed by atoms with Gasteiger partial charge in [-0.1, -0.05) is 35.9 Å². The lowest BCUT2D eigenvalue weighted by Crippen LogP contribution is -2.35. The molecule has 0 saturated heterocycles. The van der Waals surface area contributed by atoms with Crippen LogP contribution in [0.4, 0.5) is 5.69 Å². The van der Waals surface area contributed by atoms with Crippen molar-refractivity contribution in [2.24, 2.45) is 0 Å². The van der Waals surface area contributed by atoms with Crippen molar-refractivity contribution in [1.29, 1.82) is 0 Å². The fourth-order valence-electron chi connectivity index (χ4n) is 2.84. The summed E-state index contributed by atoms with van der Waals surface area (Å²) in [4.78, 5) is 29.1. The van der Waals surface area contributed by atoms with Crippen molar-refractivity contribution < 1.29 is 9.59 Å². The number of fused-ring (bicyclic) bond motifs is 1. The number of aromatic amines is 1. The fourth-order valence-corrected chi connectivity index (χ4v) is 3.03. The summed E-state index contributed by atoms with van der Waals surface area (Å²) in [5.74, 6) is -0.327. The van der Waals surface area contributed by atoms with E-state index in [1.807, 2.05) is 30.5 Å². The number of hydrogen-bond donors (Lipinski definition) is 2. The number of amides is 2. The Kier molecular flexibility index (Phi) is 5.58. The average molecular weight is 370 g/mol. The minimum Gasteiger partial charge on any atom is -0.361 e. The molecule has 1 aromatic heterocycles. The van der Waals surface area contributed by atoms with Crippen molar-refractivity contribution in [2.75, 3.05) is 18.9 Å². The maximum absolute atomic E-state index is 12.3. The molecule has 3 aromatic rings. The third-order valence-corrected chi connectivity index (χ3v) is 4.43. The van der Waals surface area contributed by atoms with Gasteiger partial charge >= 0.3 is 0 Å². The standard InChI is InChI=1S/C20H20ClN3O2/c1-24(13-19(25)23-16-6-4-5-15(21)11-16)20(26)10-9-14-12-22-18-8-3-2-7-17(14)18/h2-8,11-12,22H,9-10,13H2,1H3,(H,23,25). The van der Waals surface area contributed by atoms with E-state index in [-0.39, 0.29) is 18.4 Å². The quantitative estimate of drug-likeness (QED) is 0.693. The Morgan fingerprint density at radius 3 is 2.77 bits per heavy atom. The Bertz CT molecular complexity index is 935. The topological polar surface area (TPSA) is 65.2 Å². The first-order chi connectivity index (χ1) is 12.5. The maximum atomic E-state index is 12.3. The highest BCUT2D eigenvalue weighted by Gasteiger charge is 2.14. The van der Waals surface area contributed by atoms with E-state index in [1.165, 1.54) is 4.90 Å². The van der Waals surface area contributed by atoms with Gasteiger partial charge < -0.3 is 15.2 Å². The van der Waals surface area contributed by atoms with E-state index in [2.05, 4.69) is 10.3 Å². The summed E-state index contributed by atoms with van der Waals surface area (Å²) in [5.41, 5.74) is 2.78. The summed E-state index contributed by atoms with van der Waals surface area (Å²) < 4.78 is 0. The second-order valence-electron chi connectivity index (χ2n) is 6.17. The molecule has 2 amide bonds. The molecule has 134 valence electrons. The number of hydrogen-bond acceptors (Lipinski definition) is 2. The molecule has 0 aliphatic carbocycles. The Morgan fingerprint density at radius 2 is 1.96 bits per heavy atom. The first kappa shape index (κ1) is 18.0. The van der Waals surface area contributed by atoms with E-state index >= 15 is 0 Å². The molecule has 2 N–H and O–H groups in total. The normalized spacial score (nSPS) is 10.7. The van der Waals surface area contributed by atoms with Crippen LogP contribution in [0.15, 0.2) is 54.7 Å². The summed E-state index contributed by atoms with van der Waals surface area (Å²) in [6.45, 7) is -0.000763. The minimum atomic E-state index is -0.254. The predicted molar refractivity (Wildman–Crippen MR) is 104 cm³/mol. The largest absolute Gasteiger partial charge is 0.361 e. The van der Waals surface area contributed by atoms with E-state index in [9.17, 15) is 9.59 Å². The minimum absolute atomic E-state index is 0.000763. The average Bonchev–Trinajstić information content (AvgIpc) is 3.02. The van der Waals surface area contributed by atoms with Crippen molar-refractivity contribution in [2.45, 2.75) is 12.8 Å². The fraction of sp³-hybridized carbons (Fsp3) is 0.200. The Balaban J connectivity index is 1.52. The van der Waals surface area contributed by atoms with E-state index in [0.29, 0.717) is 23.6 Å². The van der Waals surface area contributed by atoms with Gasteiger partial charge in [-0.25, -0.2) is 0 Å². The summed E-state index contributed by atoms with van der Waals surface area (Å²) in [6, 6.07) is 14.9. The van der Waals surface area contributed by atoms with Crippen LogP contribution in [0.25, 0.3) is 10.9 Å². The molecule has 0 aliphatic heterocycles. The number of nitrogens with zero attached hydrogens (tertiary/aromatic N) is 1. The van der Waals surface area contributed by atoms with Crippen molar-refractivity contribution in [3.8, 4) is 0 Å². The molecule has 0 atom stereocenters. The number of para-hydroxylation sites is 1. The van der Waals surface area contributed by atoms with E-state index in [0.717, 1.165) is 16.5 Å². The third-order valence-electron chi connectivity index (χ3n) is 4.20. The number of anilines is 1. The molecule has 0 aliphatic rings. The van der Waals surface area contributed by atoms with E-state index in [4.69, 9.17) is 11.6 Å². The molecular formula is C20H20ClN3O2. The molecule has 0 bridgehead atoms. The maximum Gasteiger partial charge on any atom is 0.243 e. The van der Waals surface area contributed by atoms with Gasteiger partial charge in [-0.2, -0.15) is 0 Å². The molecule has 0 spiro atoms. The first-order valence-electron chi connectivity index (χ1n) is 8.37. The van der Waals surface area contributed by atoms with Gasteiger partial charge in [0, 0.05) is 41.3 Å². The van der Waals surface area contributed by atoms with Crippen molar-refractivity contribution in [1.82, 2.24) is 9.88 Å². The zero-order valence-electron chi connectivity index (χ0n) is 14.5. The van der Waals surface area contributed by atoms with Crippen molar-refractivity contribution in [3.05, 3.63) is 65.3 Å². The predicted octanol–water partition coefficient (Wildman–Crippen LogP) is 3.85. The molecule has 1 heterocycles. The molecule has 0 saturated carbocycles. The van der Waals surface area contributed by atoms with Crippen LogP contribution in [-0.4, -0.2) is 35.3 Å². The first-order valence-corrected chi connectivity index (χ1v) is 8.75. The molecule has 0 fully saturated rings. The lowest BCUT2D eigenvalue weighted by Gasteiger charge is -2.17. The number of likely N-dealkylation sites (N-methyl/N-ethyl adjacent to an activating group) is 1. The SMILES string of the molecule is CN(CC(=O)Nc1cccc(Cl)c1)C(=O)CCc1c[nH]c2ccccc12. The van der Waals surface area contributed by atoms with Crippen molar-refractivity contribution >= 4 is 40.0 Å².